The van der Waals surface area contributed by atoms with E-state index in [1.807, 2.05) is 0 Å². The van der Waals surface area contributed by atoms with Crippen molar-refractivity contribution < 1.29 is 9.84 Å². The molecule has 6 heteroatoms. The van der Waals surface area contributed by atoms with Crippen molar-refractivity contribution in [2.45, 2.75) is 31.6 Å². The van der Waals surface area contributed by atoms with Crippen molar-refractivity contribution in [1.29, 1.82) is 0 Å². The predicted molar refractivity (Wildman–Crippen MR) is 57.8 cm³/mol. The van der Waals surface area contributed by atoms with Gasteiger partial charge in [-0.15, -0.1) is 0 Å². The van der Waals surface area contributed by atoms with Gasteiger partial charge in [0.1, 0.15) is 11.5 Å². The molecule has 0 radical (unpaired) electrons. The molecule has 0 saturated carbocycles. The minimum Gasteiger partial charge on any atom is -0.391 e. The van der Waals surface area contributed by atoms with Gasteiger partial charge < -0.3 is 15.6 Å². The molecule has 88 valence electrons. The summed E-state index contributed by atoms with van der Waals surface area (Å²) >= 11 is 0. The van der Waals surface area contributed by atoms with Gasteiger partial charge in [0.15, 0.2) is 0 Å². The Hall–Kier alpha value is -1.40. The van der Waals surface area contributed by atoms with Crippen LogP contribution in [0.4, 0.5) is 5.82 Å². The SMILES string of the molecule is CC1(n2ccc(N)nc2=O)CCC(O)CO1. The Morgan fingerprint density at radius 1 is 1.75 bits per heavy atom. The van der Waals surface area contributed by atoms with Gasteiger partial charge in [0.05, 0.1) is 12.7 Å². The highest BCUT2D eigenvalue weighted by Gasteiger charge is 2.33. The van der Waals surface area contributed by atoms with Gasteiger partial charge in [-0.1, -0.05) is 0 Å². The molecular weight excluding hydrogens is 210 g/mol. The van der Waals surface area contributed by atoms with E-state index in [0.29, 0.717) is 12.8 Å². The van der Waals surface area contributed by atoms with E-state index in [0.717, 1.165) is 0 Å². The van der Waals surface area contributed by atoms with Crippen LogP contribution in [0, 0.1) is 0 Å². The number of aliphatic hydroxyl groups is 1. The molecule has 16 heavy (non-hydrogen) atoms. The molecule has 0 aromatic carbocycles. The monoisotopic (exact) mass is 225 g/mol. The second kappa shape index (κ2) is 3.88. The first kappa shape index (κ1) is 11.1. The van der Waals surface area contributed by atoms with Crippen LogP contribution in [0.5, 0.6) is 0 Å². The van der Waals surface area contributed by atoms with Crippen molar-refractivity contribution in [3.63, 3.8) is 0 Å². The Labute approximate surface area is 92.7 Å². The summed E-state index contributed by atoms with van der Waals surface area (Å²) in [7, 11) is 0. The van der Waals surface area contributed by atoms with Gasteiger partial charge in [-0.05, 0) is 25.8 Å². The Balaban J connectivity index is 2.33. The average molecular weight is 225 g/mol. The molecule has 2 heterocycles. The molecule has 1 aliphatic heterocycles. The smallest absolute Gasteiger partial charge is 0.351 e. The number of hydrogen-bond donors (Lipinski definition) is 2. The third-order valence-electron chi connectivity index (χ3n) is 2.86. The average Bonchev–Trinajstić information content (AvgIpc) is 2.22. The maximum atomic E-state index is 11.7. The molecule has 2 rings (SSSR count). The molecular formula is C10H15N3O3. The van der Waals surface area contributed by atoms with Gasteiger partial charge in [0.2, 0.25) is 0 Å². The number of nitrogens with zero attached hydrogens (tertiary/aromatic N) is 2. The molecule has 0 bridgehead atoms. The van der Waals surface area contributed by atoms with Crippen molar-refractivity contribution in [3.05, 3.63) is 22.7 Å². The molecule has 1 fully saturated rings. The largest absolute Gasteiger partial charge is 0.391 e. The highest BCUT2D eigenvalue weighted by atomic mass is 16.5. The fourth-order valence-electron chi connectivity index (χ4n) is 1.83. The van der Waals surface area contributed by atoms with E-state index in [2.05, 4.69) is 4.98 Å². The van der Waals surface area contributed by atoms with E-state index in [4.69, 9.17) is 10.5 Å². The minimum absolute atomic E-state index is 0.195. The van der Waals surface area contributed by atoms with Crippen molar-refractivity contribution in [2.75, 3.05) is 12.3 Å². The number of aliphatic hydroxyl groups excluding tert-OH is 1. The van der Waals surface area contributed by atoms with Crippen LogP contribution in [-0.4, -0.2) is 27.4 Å². The van der Waals surface area contributed by atoms with Crippen LogP contribution in [0.25, 0.3) is 0 Å². The normalized spacial score (nSPS) is 30.2. The highest BCUT2D eigenvalue weighted by Crippen LogP contribution is 2.28. The van der Waals surface area contributed by atoms with Crippen molar-refractivity contribution in [2.24, 2.45) is 0 Å². The van der Waals surface area contributed by atoms with E-state index in [9.17, 15) is 9.90 Å². The third kappa shape index (κ3) is 1.94. The molecule has 0 spiro atoms. The Morgan fingerprint density at radius 3 is 3.06 bits per heavy atom. The molecule has 2 atom stereocenters. The molecule has 6 nitrogen and oxygen atoms in total. The second-order valence-corrected chi connectivity index (χ2v) is 4.18. The number of nitrogens with two attached hydrogens (primary N) is 1. The van der Waals surface area contributed by atoms with Crippen LogP contribution in [0.2, 0.25) is 0 Å². The first-order valence-corrected chi connectivity index (χ1v) is 5.19. The summed E-state index contributed by atoms with van der Waals surface area (Å²) in [5.74, 6) is 0.195. The predicted octanol–water partition coefficient (Wildman–Crippen LogP) is -0.331. The molecule has 0 amide bonds. The molecule has 1 aromatic rings. The first-order valence-electron chi connectivity index (χ1n) is 5.19. The minimum atomic E-state index is -0.739. The summed E-state index contributed by atoms with van der Waals surface area (Å²) in [6.07, 6.45) is 2.29. The zero-order valence-electron chi connectivity index (χ0n) is 9.09. The van der Waals surface area contributed by atoms with Gasteiger partial charge >= 0.3 is 5.69 Å². The number of ether oxygens (including phenoxy) is 1. The first-order chi connectivity index (χ1) is 7.51. The van der Waals surface area contributed by atoms with E-state index in [1.54, 1.807) is 19.2 Å². The summed E-state index contributed by atoms with van der Waals surface area (Å²) in [5, 5.41) is 9.35. The lowest BCUT2D eigenvalue weighted by molar-refractivity contribution is -0.162. The maximum Gasteiger partial charge on any atom is 0.351 e. The zero-order valence-corrected chi connectivity index (χ0v) is 9.09. The van der Waals surface area contributed by atoms with Crippen molar-refractivity contribution in [3.8, 4) is 0 Å². The molecule has 1 saturated heterocycles. The molecule has 3 N–H and O–H groups in total. The van der Waals surface area contributed by atoms with E-state index in [1.165, 1.54) is 4.57 Å². The Kier molecular flexibility index (Phi) is 2.69. The van der Waals surface area contributed by atoms with Crippen LogP contribution >= 0.6 is 0 Å². The van der Waals surface area contributed by atoms with E-state index in [-0.39, 0.29) is 12.4 Å². The van der Waals surface area contributed by atoms with Crippen LogP contribution < -0.4 is 11.4 Å². The molecule has 1 aromatic heterocycles. The number of hydrogen-bond acceptors (Lipinski definition) is 5. The van der Waals surface area contributed by atoms with Crippen LogP contribution in [0.15, 0.2) is 17.1 Å². The molecule has 2 unspecified atom stereocenters. The van der Waals surface area contributed by atoms with Crippen molar-refractivity contribution >= 4 is 5.82 Å². The lowest BCUT2D eigenvalue weighted by atomic mass is 10.0. The van der Waals surface area contributed by atoms with Gasteiger partial charge in [-0.2, -0.15) is 4.98 Å². The van der Waals surface area contributed by atoms with Gasteiger partial charge in [0.25, 0.3) is 0 Å². The quantitative estimate of drug-likeness (QED) is 0.683. The number of rotatable bonds is 1. The Bertz CT molecular complexity index is 435. The summed E-state index contributed by atoms with van der Waals surface area (Å²) in [6.45, 7) is 2.03. The Morgan fingerprint density at radius 2 is 2.50 bits per heavy atom. The second-order valence-electron chi connectivity index (χ2n) is 4.18. The highest BCUT2D eigenvalue weighted by molar-refractivity contribution is 5.23. The van der Waals surface area contributed by atoms with Crippen molar-refractivity contribution in [1.82, 2.24) is 9.55 Å². The summed E-state index contributed by atoms with van der Waals surface area (Å²) in [4.78, 5) is 15.3. The fraction of sp³-hybridized carbons (Fsp3) is 0.600. The zero-order chi connectivity index (χ0) is 11.8. The van der Waals surface area contributed by atoms with Gasteiger partial charge in [-0.3, -0.25) is 4.57 Å². The third-order valence-corrected chi connectivity index (χ3v) is 2.86. The summed E-state index contributed by atoms with van der Waals surface area (Å²) in [5.41, 5.74) is 4.25. The van der Waals surface area contributed by atoms with E-state index < -0.39 is 17.5 Å². The number of aromatic nitrogens is 2. The van der Waals surface area contributed by atoms with Crippen LogP contribution in [0.1, 0.15) is 19.8 Å². The van der Waals surface area contributed by atoms with Crippen LogP contribution in [0.3, 0.4) is 0 Å². The fourth-order valence-corrected chi connectivity index (χ4v) is 1.83. The molecule has 1 aliphatic rings. The summed E-state index contributed by atoms with van der Waals surface area (Å²) in [6, 6.07) is 1.56. The molecule has 0 aliphatic carbocycles. The lowest BCUT2D eigenvalue weighted by Crippen LogP contribution is -2.46. The topological polar surface area (TPSA) is 90.4 Å². The van der Waals surface area contributed by atoms with E-state index >= 15 is 0 Å². The maximum absolute atomic E-state index is 11.7. The van der Waals surface area contributed by atoms with Gasteiger partial charge in [-0.25, -0.2) is 4.79 Å². The van der Waals surface area contributed by atoms with Gasteiger partial charge in [0, 0.05) is 6.20 Å². The number of nitrogen functional groups attached to an aromatic ring is 1. The van der Waals surface area contributed by atoms with Crippen LogP contribution in [-0.2, 0) is 10.5 Å². The standard InChI is InChI=1S/C10H15N3O3/c1-10(4-2-7(14)6-16-10)13-5-3-8(11)12-9(13)15/h3,5,7,14H,2,4,6H2,1H3,(H2,11,12,15). The number of anilines is 1. The lowest BCUT2D eigenvalue weighted by Gasteiger charge is -2.36. The summed E-state index contributed by atoms with van der Waals surface area (Å²) < 4.78 is 6.93.